The summed E-state index contributed by atoms with van der Waals surface area (Å²) in [5, 5.41) is 6.31. The number of alkyl halides is 3. The highest BCUT2D eigenvalue weighted by atomic mass is 19.4. The quantitative estimate of drug-likeness (QED) is 0.885. The van der Waals surface area contributed by atoms with Crippen molar-refractivity contribution in [2.75, 3.05) is 0 Å². The molecule has 2 aromatic rings. The molecule has 0 aliphatic rings. The zero-order valence-electron chi connectivity index (χ0n) is 12.5. The van der Waals surface area contributed by atoms with Gasteiger partial charge in [-0.15, -0.1) is 0 Å². The van der Waals surface area contributed by atoms with Gasteiger partial charge in [-0.25, -0.2) is 0 Å². The van der Waals surface area contributed by atoms with Gasteiger partial charge in [0.25, 0.3) is 0 Å². The van der Waals surface area contributed by atoms with E-state index in [0.29, 0.717) is 30.1 Å². The number of nitrogens with one attached hydrogen (secondary N) is 1. The fraction of sp³-hybridized carbons (Fsp3) is 0.400. The van der Waals surface area contributed by atoms with Gasteiger partial charge in [-0.1, -0.05) is 17.3 Å². The molecular weight excluding hydrogens is 311 g/mol. The Labute approximate surface area is 130 Å². The Hall–Kier alpha value is -2.38. The van der Waals surface area contributed by atoms with Gasteiger partial charge >= 0.3 is 6.18 Å². The number of carbonyl (C=O) groups excluding carboxylic acids is 1. The number of aromatic nitrogens is 2. The summed E-state index contributed by atoms with van der Waals surface area (Å²) < 4.78 is 42.2. The zero-order chi connectivity index (χ0) is 16.9. The topological polar surface area (TPSA) is 68.0 Å². The van der Waals surface area contributed by atoms with E-state index < -0.39 is 11.7 Å². The monoisotopic (exact) mass is 327 g/mol. The van der Waals surface area contributed by atoms with Crippen molar-refractivity contribution < 1.29 is 22.5 Å². The van der Waals surface area contributed by atoms with Crippen LogP contribution in [0.3, 0.4) is 0 Å². The van der Waals surface area contributed by atoms with Gasteiger partial charge in [0.05, 0.1) is 5.56 Å². The fourth-order valence-corrected chi connectivity index (χ4v) is 1.94. The Morgan fingerprint density at radius 2 is 1.96 bits per heavy atom. The molecule has 0 saturated heterocycles. The number of nitrogens with zero attached hydrogens (tertiary/aromatic N) is 2. The molecule has 0 aliphatic heterocycles. The van der Waals surface area contributed by atoms with E-state index >= 15 is 0 Å². The first kappa shape index (κ1) is 17.0. The van der Waals surface area contributed by atoms with Gasteiger partial charge in [0.2, 0.25) is 11.8 Å². The second-order valence-electron chi connectivity index (χ2n) is 5.06. The number of amides is 1. The summed E-state index contributed by atoms with van der Waals surface area (Å²) in [6, 6.07) is 4.70. The van der Waals surface area contributed by atoms with Gasteiger partial charge in [0, 0.05) is 19.4 Å². The minimum Gasteiger partial charge on any atom is -0.352 e. The predicted molar refractivity (Wildman–Crippen MR) is 75.3 cm³/mol. The summed E-state index contributed by atoms with van der Waals surface area (Å²) in [6.07, 6.45) is -3.01. The lowest BCUT2D eigenvalue weighted by molar-refractivity contribution is -0.137. The van der Waals surface area contributed by atoms with Crippen LogP contribution in [-0.4, -0.2) is 16.0 Å². The highest BCUT2D eigenvalue weighted by molar-refractivity contribution is 5.75. The molecule has 1 aromatic heterocycles. The molecule has 5 nitrogen and oxygen atoms in total. The SMILES string of the molecule is Cc1noc(CCCC(=O)NCc2ccc(C(F)(F)F)cc2)n1. The maximum atomic E-state index is 12.4. The average molecular weight is 327 g/mol. The van der Waals surface area contributed by atoms with Crippen LogP contribution in [-0.2, 0) is 23.9 Å². The van der Waals surface area contributed by atoms with E-state index in [1.54, 1.807) is 6.92 Å². The molecule has 0 atom stereocenters. The third kappa shape index (κ3) is 5.39. The maximum absolute atomic E-state index is 12.4. The van der Waals surface area contributed by atoms with Crippen LogP contribution in [0.1, 0.15) is 35.7 Å². The number of aryl methyl sites for hydroxylation is 2. The van der Waals surface area contributed by atoms with E-state index in [4.69, 9.17) is 4.52 Å². The normalized spacial score (nSPS) is 11.5. The van der Waals surface area contributed by atoms with Crippen molar-refractivity contribution in [1.82, 2.24) is 15.5 Å². The lowest BCUT2D eigenvalue weighted by Gasteiger charge is -2.08. The molecule has 1 amide bonds. The van der Waals surface area contributed by atoms with E-state index in [-0.39, 0.29) is 18.9 Å². The molecule has 0 radical (unpaired) electrons. The summed E-state index contributed by atoms with van der Waals surface area (Å²) in [4.78, 5) is 15.7. The van der Waals surface area contributed by atoms with Crippen molar-refractivity contribution in [3.8, 4) is 0 Å². The van der Waals surface area contributed by atoms with Crippen LogP contribution in [0.4, 0.5) is 13.2 Å². The van der Waals surface area contributed by atoms with Gasteiger partial charge in [-0.3, -0.25) is 4.79 Å². The molecule has 23 heavy (non-hydrogen) atoms. The first-order chi connectivity index (χ1) is 10.8. The van der Waals surface area contributed by atoms with E-state index in [9.17, 15) is 18.0 Å². The summed E-state index contributed by atoms with van der Waals surface area (Å²) in [7, 11) is 0. The zero-order valence-corrected chi connectivity index (χ0v) is 12.5. The molecule has 1 N–H and O–H groups in total. The highest BCUT2D eigenvalue weighted by Gasteiger charge is 2.29. The van der Waals surface area contributed by atoms with Crippen molar-refractivity contribution >= 4 is 5.91 Å². The van der Waals surface area contributed by atoms with Gasteiger partial charge in [-0.05, 0) is 31.0 Å². The van der Waals surface area contributed by atoms with E-state index in [1.165, 1.54) is 12.1 Å². The molecule has 124 valence electrons. The molecule has 0 saturated carbocycles. The minimum atomic E-state index is -4.35. The van der Waals surface area contributed by atoms with Crippen LogP contribution in [0.15, 0.2) is 28.8 Å². The van der Waals surface area contributed by atoms with E-state index in [0.717, 1.165) is 12.1 Å². The van der Waals surface area contributed by atoms with Gasteiger partial charge in [0.1, 0.15) is 0 Å². The third-order valence-corrected chi connectivity index (χ3v) is 3.14. The number of benzene rings is 1. The van der Waals surface area contributed by atoms with Crippen LogP contribution in [0.5, 0.6) is 0 Å². The summed E-state index contributed by atoms with van der Waals surface area (Å²) in [5.74, 6) is 0.853. The van der Waals surface area contributed by atoms with Crippen molar-refractivity contribution in [3.63, 3.8) is 0 Å². The van der Waals surface area contributed by atoms with E-state index in [1.807, 2.05) is 0 Å². The number of rotatable bonds is 6. The highest BCUT2D eigenvalue weighted by Crippen LogP contribution is 2.29. The standard InChI is InChI=1S/C15H16F3N3O2/c1-10-20-14(23-21-10)4-2-3-13(22)19-9-11-5-7-12(8-6-11)15(16,17)18/h5-8H,2-4,9H2,1H3,(H,19,22). The van der Waals surface area contributed by atoms with Crippen LogP contribution in [0, 0.1) is 6.92 Å². The first-order valence-electron chi connectivity index (χ1n) is 7.06. The number of carbonyl (C=O) groups is 1. The van der Waals surface area contributed by atoms with Crippen molar-refractivity contribution in [3.05, 3.63) is 47.1 Å². The number of hydrogen-bond acceptors (Lipinski definition) is 4. The molecular formula is C15H16F3N3O2. The maximum Gasteiger partial charge on any atom is 0.416 e. The molecule has 0 spiro atoms. The van der Waals surface area contributed by atoms with Gasteiger partial charge in [-0.2, -0.15) is 18.2 Å². The van der Waals surface area contributed by atoms with Gasteiger partial charge in [0.15, 0.2) is 5.82 Å². The molecule has 0 bridgehead atoms. The Balaban J connectivity index is 1.71. The van der Waals surface area contributed by atoms with Crippen molar-refractivity contribution in [2.24, 2.45) is 0 Å². The van der Waals surface area contributed by atoms with Crippen LogP contribution in [0.25, 0.3) is 0 Å². The second-order valence-corrected chi connectivity index (χ2v) is 5.06. The summed E-state index contributed by atoms with van der Waals surface area (Å²) >= 11 is 0. The molecule has 1 aromatic carbocycles. The molecule has 0 unspecified atom stereocenters. The smallest absolute Gasteiger partial charge is 0.352 e. The largest absolute Gasteiger partial charge is 0.416 e. The molecule has 2 rings (SSSR count). The first-order valence-corrected chi connectivity index (χ1v) is 7.06. The molecule has 1 heterocycles. The van der Waals surface area contributed by atoms with Crippen LogP contribution < -0.4 is 5.32 Å². The van der Waals surface area contributed by atoms with Crippen LogP contribution in [0.2, 0.25) is 0 Å². The Kier molecular flexibility index (Phi) is 5.36. The summed E-state index contributed by atoms with van der Waals surface area (Å²) in [5.41, 5.74) is -0.0960. The third-order valence-electron chi connectivity index (χ3n) is 3.14. The number of halogens is 3. The Morgan fingerprint density at radius 3 is 2.52 bits per heavy atom. The van der Waals surface area contributed by atoms with E-state index in [2.05, 4.69) is 15.5 Å². The Morgan fingerprint density at radius 1 is 1.26 bits per heavy atom. The Bertz CT molecular complexity index is 651. The van der Waals surface area contributed by atoms with Gasteiger partial charge < -0.3 is 9.84 Å². The second kappa shape index (κ2) is 7.26. The fourth-order valence-electron chi connectivity index (χ4n) is 1.94. The van der Waals surface area contributed by atoms with Crippen molar-refractivity contribution in [1.29, 1.82) is 0 Å². The summed E-state index contributed by atoms with van der Waals surface area (Å²) in [6.45, 7) is 1.90. The van der Waals surface area contributed by atoms with Crippen molar-refractivity contribution in [2.45, 2.75) is 38.9 Å². The minimum absolute atomic E-state index is 0.180. The number of hydrogen-bond donors (Lipinski definition) is 1. The molecule has 8 heteroatoms. The predicted octanol–water partition coefficient (Wildman–Crippen LogP) is 3.04. The lowest BCUT2D eigenvalue weighted by Crippen LogP contribution is -2.22. The molecule has 0 fully saturated rings. The lowest BCUT2D eigenvalue weighted by atomic mass is 10.1. The van der Waals surface area contributed by atoms with Crippen LogP contribution >= 0.6 is 0 Å². The molecule has 0 aliphatic carbocycles. The average Bonchev–Trinajstić information content (AvgIpc) is 2.90.